The second-order valence-electron chi connectivity index (χ2n) is 7.10. The fraction of sp³-hybridized carbons (Fsp3) is 0.762. The van der Waals surface area contributed by atoms with Crippen LogP contribution in [0, 0.1) is 0 Å². The van der Waals surface area contributed by atoms with E-state index in [2.05, 4.69) is 15.6 Å². The van der Waals surface area contributed by atoms with Crippen molar-refractivity contribution in [2.45, 2.75) is 70.5 Å². The molecule has 1 saturated carbocycles. The summed E-state index contributed by atoms with van der Waals surface area (Å²) < 4.78 is 16.8. The molecule has 1 fully saturated rings. The summed E-state index contributed by atoms with van der Waals surface area (Å²) in [4.78, 5) is 4.26. The molecule has 0 spiro atoms. The SMILES string of the molecule is CN=C(NCCCCOC1CCCCCC1)NCCCOCc1ccco1.I. The van der Waals surface area contributed by atoms with Gasteiger partial charge in [0.05, 0.1) is 12.4 Å². The standard InChI is InChI=1S/C21H37N3O3.HI/c1-22-21(24-14-9-15-25-18-20-12-8-17-27-20)23-13-6-7-16-26-19-10-4-2-3-5-11-19;/h8,12,17,19H,2-7,9-11,13-16,18H2,1H3,(H2,22,23,24);1H. The monoisotopic (exact) mass is 507 g/mol. The van der Waals surface area contributed by atoms with E-state index in [4.69, 9.17) is 13.9 Å². The molecule has 0 saturated heterocycles. The van der Waals surface area contributed by atoms with E-state index in [0.29, 0.717) is 19.3 Å². The van der Waals surface area contributed by atoms with Gasteiger partial charge in [0.15, 0.2) is 5.96 Å². The highest BCUT2D eigenvalue weighted by Gasteiger charge is 2.11. The van der Waals surface area contributed by atoms with E-state index in [-0.39, 0.29) is 24.0 Å². The van der Waals surface area contributed by atoms with Crippen LogP contribution >= 0.6 is 24.0 Å². The maximum absolute atomic E-state index is 6.03. The number of nitrogens with zero attached hydrogens (tertiary/aromatic N) is 1. The Morgan fingerprint density at radius 1 is 1.07 bits per heavy atom. The molecule has 1 aromatic rings. The summed E-state index contributed by atoms with van der Waals surface area (Å²) in [6, 6.07) is 3.80. The molecular weight excluding hydrogens is 469 g/mol. The molecule has 1 aliphatic carbocycles. The Morgan fingerprint density at radius 2 is 1.82 bits per heavy atom. The molecular formula is C21H38IN3O3. The second kappa shape index (κ2) is 17.1. The largest absolute Gasteiger partial charge is 0.467 e. The molecule has 0 amide bonds. The van der Waals surface area contributed by atoms with Gasteiger partial charge in [-0.05, 0) is 44.2 Å². The van der Waals surface area contributed by atoms with Crippen molar-refractivity contribution in [1.29, 1.82) is 0 Å². The lowest BCUT2D eigenvalue weighted by Crippen LogP contribution is -2.38. The number of hydrogen-bond donors (Lipinski definition) is 2. The Bertz CT molecular complexity index is 489. The summed E-state index contributed by atoms with van der Waals surface area (Å²) in [7, 11) is 1.80. The first-order valence-corrected chi connectivity index (χ1v) is 10.5. The number of nitrogens with one attached hydrogen (secondary N) is 2. The molecule has 0 atom stereocenters. The number of unbranched alkanes of at least 4 members (excludes halogenated alkanes) is 1. The van der Waals surface area contributed by atoms with Crippen molar-refractivity contribution in [3.05, 3.63) is 24.2 Å². The molecule has 0 unspecified atom stereocenters. The van der Waals surface area contributed by atoms with Crippen LogP contribution in [-0.4, -0.2) is 45.4 Å². The van der Waals surface area contributed by atoms with Crippen molar-refractivity contribution in [2.24, 2.45) is 4.99 Å². The number of ether oxygens (including phenoxy) is 2. The first kappa shape index (κ1) is 25.2. The fourth-order valence-corrected chi connectivity index (χ4v) is 3.26. The fourth-order valence-electron chi connectivity index (χ4n) is 3.26. The zero-order valence-electron chi connectivity index (χ0n) is 17.3. The van der Waals surface area contributed by atoms with E-state index in [1.807, 2.05) is 12.1 Å². The smallest absolute Gasteiger partial charge is 0.190 e. The van der Waals surface area contributed by atoms with Gasteiger partial charge in [-0.3, -0.25) is 4.99 Å². The highest BCUT2D eigenvalue weighted by molar-refractivity contribution is 14.0. The van der Waals surface area contributed by atoms with Crippen molar-refractivity contribution in [3.8, 4) is 0 Å². The topological polar surface area (TPSA) is 68.0 Å². The summed E-state index contributed by atoms with van der Waals surface area (Å²) in [5, 5.41) is 6.68. The molecule has 0 bridgehead atoms. The second-order valence-corrected chi connectivity index (χ2v) is 7.10. The van der Waals surface area contributed by atoms with Gasteiger partial charge >= 0.3 is 0 Å². The molecule has 6 nitrogen and oxygen atoms in total. The van der Waals surface area contributed by atoms with Crippen LogP contribution in [0.25, 0.3) is 0 Å². The first-order chi connectivity index (χ1) is 13.4. The van der Waals surface area contributed by atoms with E-state index < -0.39 is 0 Å². The summed E-state index contributed by atoms with van der Waals surface area (Å²) >= 11 is 0. The number of rotatable bonds is 12. The Balaban J connectivity index is 0.00000392. The number of halogens is 1. The molecule has 1 aromatic heterocycles. The predicted molar refractivity (Wildman–Crippen MR) is 124 cm³/mol. The summed E-state index contributed by atoms with van der Waals surface area (Å²) in [6.45, 7) is 3.86. The molecule has 1 heterocycles. The zero-order valence-corrected chi connectivity index (χ0v) is 19.6. The molecule has 7 heteroatoms. The van der Waals surface area contributed by atoms with Gasteiger partial charge in [0.25, 0.3) is 0 Å². The van der Waals surface area contributed by atoms with Crippen LogP contribution < -0.4 is 10.6 Å². The normalized spacial score (nSPS) is 15.7. The van der Waals surface area contributed by atoms with Gasteiger partial charge in [0, 0.05) is 33.4 Å². The van der Waals surface area contributed by atoms with Crippen LogP contribution in [0.15, 0.2) is 27.8 Å². The maximum Gasteiger partial charge on any atom is 0.190 e. The zero-order chi connectivity index (χ0) is 19.0. The molecule has 162 valence electrons. The van der Waals surface area contributed by atoms with Crippen molar-refractivity contribution in [3.63, 3.8) is 0 Å². The van der Waals surface area contributed by atoms with Gasteiger partial charge in [-0.1, -0.05) is 25.7 Å². The van der Waals surface area contributed by atoms with Crippen LogP contribution in [-0.2, 0) is 16.1 Å². The lowest BCUT2D eigenvalue weighted by Gasteiger charge is -2.15. The minimum absolute atomic E-state index is 0. The highest BCUT2D eigenvalue weighted by Crippen LogP contribution is 2.19. The third kappa shape index (κ3) is 11.9. The van der Waals surface area contributed by atoms with E-state index in [1.165, 1.54) is 38.5 Å². The number of aliphatic imine (C=N–C) groups is 1. The van der Waals surface area contributed by atoms with Gasteiger partial charge in [-0.15, -0.1) is 24.0 Å². The van der Waals surface area contributed by atoms with Gasteiger partial charge in [-0.2, -0.15) is 0 Å². The van der Waals surface area contributed by atoms with Gasteiger partial charge in [-0.25, -0.2) is 0 Å². The van der Waals surface area contributed by atoms with Gasteiger partial charge in [0.2, 0.25) is 0 Å². The van der Waals surface area contributed by atoms with Crippen molar-refractivity contribution in [2.75, 3.05) is 33.4 Å². The van der Waals surface area contributed by atoms with Crippen molar-refractivity contribution < 1.29 is 13.9 Å². The molecule has 0 radical (unpaired) electrons. The minimum Gasteiger partial charge on any atom is -0.467 e. The molecule has 2 N–H and O–H groups in total. The molecule has 1 aliphatic rings. The average molecular weight is 507 g/mol. The maximum atomic E-state index is 6.03. The number of guanidine groups is 1. The highest BCUT2D eigenvalue weighted by atomic mass is 127. The molecule has 28 heavy (non-hydrogen) atoms. The van der Waals surface area contributed by atoms with Gasteiger partial charge < -0.3 is 24.5 Å². The summed E-state index contributed by atoms with van der Waals surface area (Å²) in [6.07, 6.45) is 13.2. The van der Waals surface area contributed by atoms with Gasteiger partial charge in [0.1, 0.15) is 12.4 Å². The van der Waals surface area contributed by atoms with Crippen LogP contribution in [0.4, 0.5) is 0 Å². The van der Waals surface area contributed by atoms with Crippen molar-refractivity contribution in [1.82, 2.24) is 10.6 Å². The minimum atomic E-state index is 0. The third-order valence-corrected chi connectivity index (χ3v) is 4.83. The van der Waals surface area contributed by atoms with Crippen molar-refractivity contribution >= 4 is 29.9 Å². The Labute approximate surface area is 187 Å². The van der Waals surface area contributed by atoms with E-state index in [9.17, 15) is 0 Å². The lowest BCUT2D eigenvalue weighted by molar-refractivity contribution is 0.0411. The van der Waals surface area contributed by atoms with Crippen LogP contribution in [0.1, 0.15) is 63.5 Å². The van der Waals surface area contributed by atoms with E-state index in [0.717, 1.165) is 50.7 Å². The lowest BCUT2D eigenvalue weighted by atomic mass is 10.1. The Kier molecular flexibility index (Phi) is 15.4. The van der Waals surface area contributed by atoms with Crippen LogP contribution in [0.3, 0.4) is 0 Å². The van der Waals surface area contributed by atoms with E-state index in [1.54, 1.807) is 13.3 Å². The summed E-state index contributed by atoms with van der Waals surface area (Å²) in [5.74, 6) is 1.72. The number of hydrogen-bond acceptors (Lipinski definition) is 4. The quantitative estimate of drug-likeness (QED) is 0.144. The number of furan rings is 1. The Hall–Kier alpha value is -0.800. The average Bonchev–Trinajstić information content (AvgIpc) is 3.07. The first-order valence-electron chi connectivity index (χ1n) is 10.5. The Morgan fingerprint density at radius 3 is 2.50 bits per heavy atom. The third-order valence-electron chi connectivity index (χ3n) is 4.83. The van der Waals surface area contributed by atoms with Crippen LogP contribution in [0.2, 0.25) is 0 Å². The molecule has 0 aromatic carbocycles. The van der Waals surface area contributed by atoms with E-state index >= 15 is 0 Å². The molecule has 0 aliphatic heterocycles. The predicted octanol–water partition coefficient (Wildman–Crippen LogP) is 4.49. The molecule has 2 rings (SSSR count). The van der Waals surface area contributed by atoms with Crippen LogP contribution in [0.5, 0.6) is 0 Å². The summed E-state index contributed by atoms with van der Waals surface area (Å²) in [5.41, 5.74) is 0.